The maximum Gasteiger partial charge on any atom is 0.328 e. The molecular formula is C9H17NO4. The summed E-state index contributed by atoms with van der Waals surface area (Å²) in [6.45, 7) is 3.26. The lowest BCUT2D eigenvalue weighted by Crippen LogP contribution is -2.40. The monoisotopic (exact) mass is 203 g/mol. The van der Waals surface area contributed by atoms with E-state index in [0.717, 1.165) is 12.8 Å². The van der Waals surface area contributed by atoms with E-state index in [1.807, 2.05) is 6.92 Å². The zero-order chi connectivity index (χ0) is 11.0. The van der Waals surface area contributed by atoms with Gasteiger partial charge in [0.2, 0.25) is 5.91 Å². The van der Waals surface area contributed by atoms with Crippen LogP contribution in [0.3, 0.4) is 0 Å². The van der Waals surface area contributed by atoms with Gasteiger partial charge in [0.1, 0.15) is 12.6 Å². The molecule has 0 aliphatic rings. The number of nitrogens with one attached hydrogen (secondary N) is 1. The SMILES string of the molecule is CCCCOC(=O)[C@H](C)NC(=O)CO. The third kappa shape index (κ3) is 5.53. The van der Waals surface area contributed by atoms with Crippen LogP contribution in [0.5, 0.6) is 0 Å². The number of carbonyl (C=O) groups is 2. The number of esters is 1. The van der Waals surface area contributed by atoms with Crippen LogP contribution < -0.4 is 5.32 Å². The first kappa shape index (κ1) is 12.9. The molecule has 0 radical (unpaired) electrons. The fraction of sp³-hybridized carbons (Fsp3) is 0.778. The molecule has 0 aromatic heterocycles. The van der Waals surface area contributed by atoms with Crippen LogP contribution in [-0.4, -0.2) is 36.2 Å². The molecule has 5 nitrogen and oxygen atoms in total. The molecule has 0 rings (SSSR count). The van der Waals surface area contributed by atoms with Crippen LogP contribution in [0.2, 0.25) is 0 Å². The van der Waals surface area contributed by atoms with Gasteiger partial charge in [-0.05, 0) is 13.3 Å². The molecule has 0 saturated heterocycles. The Balaban J connectivity index is 3.70. The zero-order valence-electron chi connectivity index (χ0n) is 8.58. The van der Waals surface area contributed by atoms with Crippen LogP contribution in [0.15, 0.2) is 0 Å². The van der Waals surface area contributed by atoms with Crippen molar-refractivity contribution in [3.8, 4) is 0 Å². The lowest BCUT2D eigenvalue weighted by Gasteiger charge is -2.12. The van der Waals surface area contributed by atoms with Gasteiger partial charge in [-0.25, -0.2) is 4.79 Å². The van der Waals surface area contributed by atoms with E-state index in [1.54, 1.807) is 0 Å². The molecular weight excluding hydrogens is 186 g/mol. The summed E-state index contributed by atoms with van der Waals surface area (Å²) in [6.07, 6.45) is 1.76. The van der Waals surface area contributed by atoms with Gasteiger partial charge in [-0.2, -0.15) is 0 Å². The summed E-state index contributed by atoms with van der Waals surface area (Å²) in [5, 5.41) is 10.7. The normalized spacial score (nSPS) is 11.9. The highest BCUT2D eigenvalue weighted by Crippen LogP contribution is 1.92. The number of carbonyl (C=O) groups excluding carboxylic acids is 2. The number of aliphatic hydroxyl groups is 1. The zero-order valence-corrected chi connectivity index (χ0v) is 8.58. The van der Waals surface area contributed by atoms with E-state index in [4.69, 9.17) is 9.84 Å². The van der Waals surface area contributed by atoms with Crippen molar-refractivity contribution >= 4 is 11.9 Å². The molecule has 0 aliphatic heterocycles. The number of aliphatic hydroxyl groups excluding tert-OH is 1. The van der Waals surface area contributed by atoms with Gasteiger partial charge >= 0.3 is 5.97 Å². The van der Waals surface area contributed by atoms with Crippen molar-refractivity contribution in [3.63, 3.8) is 0 Å². The van der Waals surface area contributed by atoms with E-state index in [9.17, 15) is 9.59 Å². The van der Waals surface area contributed by atoms with E-state index in [1.165, 1.54) is 6.92 Å². The van der Waals surface area contributed by atoms with Gasteiger partial charge in [-0.3, -0.25) is 4.79 Å². The van der Waals surface area contributed by atoms with Crippen molar-refractivity contribution in [2.24, 2.45) is 0 Å². The van der Waals surface area contributed by atoms with Gasteiger partial charge in [0, 0.05) is 0 Å². The van der Waals surface area contributed by atoms with E-state index in [0.29, 0.717) is 6.61 Å². The van der Waals surface area contributed by atoms with E-state index >= 15 is 0 Å². The highest BCUT2D eigenvalue weighted by atomic mass is 16.5. The summed E-state index contributed by atoms with van der Waals surface area (Å²) in [5.41, 5.74) is 0. The molecule has 0 aliphatic carbocycles. The topological polar surface area (TPSA) is 75.6 Å². The Morgan fingerprint density at radius 3 is 2.64 bits per heavy atom. The van der Waals surface area contributed by atoms with Gasteiger partial charge in [0.15, 0.2) is 0 Å². The number of rotatable bonds is 6. The van der Waals surface area contributed by atoms with E-state index in [-0.39, 0.29) is 0 Å². The van der Waals surface area contributed by atoms with Crippen molar-refractivity contribution in [2.75, 3.05) is 13.2 Å². The van der Waals surface area contributed by atoms with Crippen LogP contribution in [0, 0.1) is 0 Å². The van der Waals surface area contributed by atoms with Crippen LogP contribution in [0.25, 0.3) is 0 Å². The molecule has 0 bridgehead atoms. The van der Waals surface area contributed by atoms with Gasteiger partial charge in [-0.1, -0.05) is 13.3 Å². The predicted molar refractivity (Wildman–Crippen MR) is 50.6 cm³/mol. The van der Waals surface area contributed by atoms with Gasteiger partial charge in [-0.15, -0.1) is 0 Å². The smallest absolute Gasteiger partial charge is 0.328 e. The minimum absolute atomic E-state index is 0.370. The molecule has 0 aromatic rings. The molecule has 0 fully saturated rings. The Morgan fingerprint density at radius 2 is 2.14 bits per heavy atom. The Morgan fingerprint density at radius 1 is 1.50 bits per heavy atom. The lowest BCUT2D eigenvalue weighted by molar-refractivity contribution is -0.147. The first-order valence-corrected chi connectivity index (χ1v) is 4.68. The second-order valence-corrected chi connectivity index (χ2v) is 2.97. The number of hydrogen-bond acceptors (Lipinski definition) is 4. The van der Waals surface area contributed by atoms with Crippen LogP contribution in [-0.2, 0) is 14.3 Å². The van der Waals surface area contributed by atoms with Crippen molar-refractivity contribution in [2.45, 2.75) is 32.7 Å². The van der Waals surface area contributed by atoms with Crippen molar-refractivity contribution < 1.29 is 19.4 Å². The van der Waals surface area contributed by atoms with Crippen LogP contribution in [0.4, 0.5) is 0 Å². The first-order chi connectivity index (χ1) is 6.61. The van der Waals surface area contributed by atoms with Gasteiger partial charge in [0.05, 0.1) is 6.61 Å². The lowest BCUT2D eigenvalue weighted by atomic mass is 10.3. The third-order valence-electron chi connectivity index (χ3n) is 1.62. The van der Waals surface area contributed by atoms with Crippen molar-refractivity contribution in [1.29, 1.82) is 0 Å². The maximum absolute atomic E-state index is 11.2. The first-order valence-electron chi connectivity index (χ1n) is 4.68. The molecule has 14 heavy (non-hydrogen) atoms. The number of hydrogen-bond donors (Lipinski definition) is 2. The second-order valence-electron chi connectivity index (χ2n) is 2.97. The Hall–Kier alpha value is -1.10. The maximum atomic E-state index is 11.2. The van der Waals surface area contributed by atoms with Crippen LogP contribution in [0.1, 0.15) is 26.7 Å². The average Bonchev–Trinajstić information content (AvgIpc) is 2.17. The predicted octanol–water partition coefficient (Wildman–Crippen LogP) is -0.173. The summed E-state index contributed by atoms with van der Waals surface area (Å²) >= 11 is 0. The minimum Gasteiger partial charge on any atom is -0.464 e. The molecule has 82 valence electrons. The average molecular weight is 203 g/mol. The van der Waals surface area contributed by atoms with E-state index < -0.39 is 24.5 Å². The second kappa shape index (κ2) is 7.32. The third-order valence-corrected chi connectivity index (χ3v) is 1.62. The van der Waals surface area contributed by atoms with Crippen molar-refractivity contribution in [3.05, 3.63) is 0 Å². The fourth-order valence-corrected chi connectivity index (χ4v) is 0.788. The minimum atomic E-state index is -0.702. The molecule has 0 heterocycles. The fourth-order valence-electron chi connectivity index (χ4n) is 0.788. The standard InChI is InChI=1S/C9H17NO4/c1-3-4-5-14-9(13)7(2)10-8(12)6-11/h7,11H,3-6H2,1-2H3,(H,10,12)/t7-/m0/s1. The van der Waals surface area contributed by atoms with Crippen LogP contribution >= 0.6 is 0 Å². The van der Waals surface area contributed by atoms with Gasteiger partial charge in [0.25, 0.3) is 0 Å². The number of unbranched alkanes of at least 4 members (excludes halogenated alkanes) is 1. The molecule has 0 aromatic carbocycles. The largest absolute Gasteiger partial charge is 0.464 e. The quantitative estimate of drug-likeness (QED) is 0.464. The number of amides is 1. The summed E-state index contributed by atoms with van der Waals surface area (Å²) < 4.78 is 4.85. The summed E-state index contributed by atoms with van der Waals surface area (Å²) in [4.78, 5) is 21.8. The molecule has 1 amide bonds. The Bertz CT molecular complexity index is 193. The summed E-state index contributed by atoms with van der Waals surface area (Å²) in [6, 6.07) is -0.702. The summed E-state index contributed by atoms with van der Waals surface area (Å²) in [7, 11) is 0. The Kier molecular flexibility index (Phi) is 6.74. The number of ether oxygens (including phenoxy) is 1. The molecule has 1 atom stereocenters. The summed E-state index contributed by atoms with van der Waals surface area (Å²) in [5.74, 6) is -1.05. The molecule has 0 spiro atoms. The highest BCUT2D eigenvalue weighted by molar-refractivity contribution is 5.84. The molecule has 0 unspecified atom stereocenters. The highest BCUT2D eigenvalue weighted by Gasteiger charge is 2.15. The van der Waals surface area contributed by atoms with Gasteiger partial charge < -0.3 is 15.2 Å². The van der Waals surface area contributed by atoms with Crippen molar-refractivity contribution in [1.82, 2.24) is 5.32 Å². The Labute approximate surface area is 83.4 Å². The molecule has 5 heteroatoms. The molecule has 2 N–H and O–H groups in total. The van der Waals surface area contributed by atoms with E-state index in [2.05, 4.69) is 5.32 Å². The molecule has 0 saturated carbocycles.